The fourth-order valence-electron chi connectivity index (χ4n) is 2.10. The van der Waals surface area contributed by atoms with Crippen molar-refractivity contribution in [3.8, 4) is 0 Å². The Labute approximate surface area is 138 Å². The largest absolute Gasteiger partial charge is 0.452 e. The van der Waals surface area contributed by atoms with E-state index in [0.717, 1.165) is 17.7 Å². The van der Waals surface area contributed by atoms with Crippen molar-refractivity contribution in [1.82, 2.24) is 5.32 Å². The smallest absolute Gasteiger partial charge is 0.338 e. The van der Waals surface area contributed by atoms with Gasteiger partial charge in [0.1, 0.15) is 11.6 Å². The predicted octanol–water partition coefficient (Wildman–Crippen LogP) is 3.04. The highest BCUT2D eigenvalue weighted by Crippen LogP contribution is 2.13. The number of esters is 1. The van der Waals surface area contributed by atoms with Gasteiger partial charge in [-0.2, -0.15) is 0 Å². The van der Waals surface area contributed by atoms with Crippen LogP contribution < -0.4 is 5.32 Å². The van der Waals surface area contributed by atoms with Crippen LogP contribution in [0.15, 0.2) is 48.5 Å². The van der Waals surface area contributed by atoms with Gasteiger partial charge >= 0.3 is 5.97 Å². The summed E-state index contributed by atoms with van der Waals surface area (Å²) >= 11 is 0. The summed E-state index contributed by atoms with van der Waals surface area (Å²) in [4.78, 5) is 23.4. The zero-order chi connectivity index (χ0) is 17.5. The number of hydrogen-bond acceptors (Lipinski definition) is 3. The Morgan fingerprint density at radius 1 is 1.08 bits per heavy atom. The zero-order valence-corrected chi connectivity index (χ0v) is 13.1. The third-order valence-corrected chi connectivity index (χ3v) is 3.41. The van der Waals surface area contributed by atoms with Crippen molar-refractivity contribution in [1.29, 1.82) is 0 Å². The van der Waals surface area contributed by atoms with Crippen LogP contribution in [0, 0.1) is 11.6 Å². The molecule has 0 saturated heterocycles. The lowest BCUT2D eigenvalue weighted by molar-refractivity contribution is -0.124. The van der Waals surface area contributed by atoms with Crippen molar-refractivity contribution in [3.63, 3.8) is 0 Å². The van der Waals surface area contributed by atoms with Crippen molar-refractivity contribution < 1.29 is 23.1 Å². The number of benzene rings is 2. The van der Waals surface area contributed by atoms with Crippen LogP contribution in [0.3, 0.4) is 0 Å². The lowest BCUT2D eigenvalue weighted by atomic mass is 10.0. The standard InChI is InChI=1S/C18H17F2NO3/c1-12(13-5-3-2-4-6-13)10-21-17(22)11-24-18(23)14-7-15(19)9-16(20)8-14/h2-9,12H,10-11H2,1H3,(H,21,22)/t12-/m1/s1. The van der Waals surface area contributed by atoms with Crippen LogP contribution in [-0.4, -0.2) is 25.0 Å². The molecule has 24 heavy (non-hydrogen) atoms. The molecular weight excluding hydrogens is 316 g/mol. The van der Waals surface area contributed by atoms with Gasteiger partial charge in [0.15, 0.2) is 6.61 Å². The van der Waals surface area contributed by atoms with Crippen molar-refractivity contribution in [2.24, 2.45) is 0 Å². The number of carbonyl (C=O) groups is 2. The molecule has 0 radical (unpaired) electrons. The molecular formula is C18H17F2NO3. The molecule has 2 aromatic rings. The first-order chi connectivity index (χ1) is 11.5. The maximum absolute atomic E-state index is 13.0. The first-order valence-corrected chi connectivity index (χ1v) is 7.40. The second kappa shape index (κ2) is 8.19. The third kappa shape index (κ3) is 5.15. The molecule has 0 spiro atoms. The number of hydrogen-bond donors (Lipinski definition) is 1. The second-order valence-corrected chi connectivity index (χ2v) is 5.35. The van der Waals surface area contributed by atoms with E-state index in [-0.39, 0.29) is 11.5 Å². The molecule has 0 aliphatic heterocycles. The quantitative estimate of drug-likeness (QED) is 0.827. The van der Waals surface area contributed by atoms with E-state index < -0.39 is 30.1 Å². The Morgan fingerprint density at radius 2 is 1.71 bits per heavy atom. The lowest BCUT2D eigenvalue weighted by Gasteiger charge is -2.13. The Kier molecular flexibility index (Phi) is 6.01. The van der Waals surface area contributed by atoms with Crippen LogP contribution in [0.4, 0.5) is 8.78 Å². The Hall–Kier alpha value is -2.76. The van der Waals surface area contributed by atoms with Crippen molar-refractivity contribution in [2.45, 2.75) is 12.8 Å². The van der Waals surface area contributed by atoms with E-state index in [2.05, 4.69) is 5.32 Å². The number of nitrogens with one attached hydrogen (secondary N) is 1. The number of rotatable bonds is 6. The number of amides is 1. The number of halogens is 2. The molecule has 2 aromatic carbocycles. The molecule has 0 unspecified atom stereocenters. The molecule has 2 rings (SSSR count). The van der Waals surface area contributed by atoms with Gasteiger partial charge in [-0.1, -0.05) is 37.3 Å². The first-order valence-electron chi connectivity index (χ1n) is 7.40. The fraction of sp³-hybridized carbons (Fsp3) is 0.222. The summed E-state index contributed by atoms with van der Waals surface area (Å²) in [5.74, 6) is -3.11. The molecule has 0 aliphatic carbocycles. The van der Waals surface area contributed by atoms with Gasteiger partial charge in [0.05, 0.1) is 5.56 Å². The number of carbonyl (C=O) groups excluding carboxylic acids is 2. The zero-order valence-electron chi connectivity index (χ0n) is 13.1. The van der Waals surface area contributed by atoms with Crippen LogP contribution in [0.25, 0.3) is 0 Å². The summed E-state index contributed by atoms with van der Waals surface area (Å²) in [5.41, 5.74) is 0.794. The van der Waals surface area contributed by atoms with Gasteiger partial charge in [0.2, 0.25) is 0 Å². The van der Waals surface area contributed by atoms with Crippen LogP contribution >= 0.6 is 0 Å². The number of ether oxygens (including phenoxy) is 1. The van der Waals surface area contributed by atoms with E-state index in [0.29, 0.717) is 12.6 Å². The first kappa shape index (κ1) is 17.6. The minimum Gasteiger partial charge on any atom is -0.452 e. The Balaban J connectivity index is 1.79. The molecule has 1 amide bonds. The summed E-state index contributed by atoms with van der Waals surface area (Å²) in [6, 6.07) is 12.0. The third-order valence-electron chi connectivity index (χ3n) is 3.41. The molecule has 0 heterocycles. The van der Waals surface area contributed by atoms with E-state index in [4.69, 9.17) is 4.74 Å². The molecule has 4 nitrogen and oxygen atoms in total. The second-order valence-electron chi connectivity index (χ2n) is 5.35. The molecule has 0 aliphatic rings. The molecule has 0 fully saturated rings. The minimum atomic E-state index is -0.959. The van der Waals surface area contributed by atoms with Gasteiger partial charge in [-0.15, -0.1) is 0 Å². The van der Waals surface area contributed by atoms with Gasteiger partial charge in [-0.3, -0.25) is 4.79 Å². The molecule has 0 bridgehead atoms. The Morgan fingerprint density at radius 3 is 2.33 bits per heavy atom. The van der Waals surface area contributed by atoms with Crippen molar-refractivity contribution >= 4 is 11.9 Å². The SMILES string of the molecule is C[C@H](CNC(=O)COC(=O)c1cc(F)cc(F)c1)c1ccccc1. The van der Waals surface area contributed by atoms with E-state index in [1.807, 2.05) is 37.3 Å². The molecule has 0 aromatic heterocycles. The van der Waals surface area contributed by atoms with E-state index >= 15 is 0 Å². The highest BCUT2D eigenvalue weighted by atomic mass is 19.1. The van der Waals surface area contributed by atoms with Gasteiger partial charge < -0.3 is 10.1 Å². The predicted molar refractivity (Wildman–Crippen MR) is 84.5 cm³/mol. The lowest BCUT2D eigenvalue weighted by Crippen LogP contribution is -2.31. The minimum absolute atomic E-state index is 0.100. The van der Waals surface area contributed by atoms with Crippen molar-refractivity contribution in [3.05, 3.63) is 71.3 Å². The van der Waals surface area contributed by atoms with Crippen LogP contribution in [0.1, 0.15) is 28.8 Å². The molecule has 0 saturated carbocycles. The average Bonchev–Trinajstić information content (AvgIpc) is 2.57. The van der Waals surface area contributed by atoms with Crippen LogP contribution in [0.5, 0.6) is 0 Å². The van der Waals surface area contributed by atoms with Crippen molar-refractivity contribution in [2.75, 3.05) is 13.2 Å². The topological polar surface area (TPSA) is 55.4 Å². The van der Waals surface area contributed by atoms with E-state index in [1.165, 1.54) is 0 Å². The van der Waals surface area contributed by atoms with Crippen LogP contribution in [-0.2, 0) is 9.53 Å². The normalized spacial score (nSPS) is 11.6. The average molecular weight is 333 g/mol. The highest BCUT2D eigenvalue weighted by molar-refractivity contribution is 5.91. The maximum atomic E-state index is 13.0. The molecule has 6 heteroatoms. The fourth-order valence-corrected chi connectivity index (χ4v) is 2.10. The van der Waals surface area contributed by atoms with Gasteiger partial charge in [0, 0.05) is 12.6 Å². The molecule has 1 atom stereocenters. The van der Waals surface area contributed by atoms with Crippen LogP contribution in [0.2, 0.25) is 0 Å². The summed E-state index contributed by atoms with van der Waals surface area (Å²) < 4.78 is 30.8. The summed E-state index contributed by atoms with van der Waals surface area (Å²) in [6.07, 6.45) is 0. The summed E-state index contributed by atoms with van der Waals surface area (Å²) in [7, 11) is 0. The summed E-state index contributed by atoms with van der Waals surface area (Å²) in [5, 5.41) is 2.65. The monoisotopic (exact) mass is 333 g/mol. The molecule has 126 valence electrons. The Bertz CT molecular complexity index is 699. The molecule has 1 N–H and O–H groups in total. The van der Waals surface area contributed by atoms with Gasteiger partial charge in [-0.05, 0) is 23.6 Å². The van der Waals surface area contributed by atoms with E-state index in [1.54, 1.807) is 0 Å². The highest BCUT2D eigenvalue weighted by Gasteiger charge is 2.13. The maximum Gasteiger partial charge on any atom is 0.338 e. The van der Waals surface area contributed by atoms with Gasteiger partial charge in [-0.25, -0.2) is 13.6 Å². The van der Waals surface area contributed by atoms with Gasteiger partial charge in [0.25, 0.3) is 5.91 Å². The van der Waals surface area contributed by atoms with E-state index in [9.17, 15) is 18.4 Å². The summed E-state index contributed by atoms with van der Waals surface area (Å²) in [6.45, 7) is 1.82.